The lowest BCUT2D eigenvalue weighted by molar-refractivity contribution is 0.120. The van der Waals surface area contributed by atoms with Gasteiger partial charge in [0.2, 0.25) is 0 Å². The van der Waals surface area contributed by atoms with Gasteiger partial charge in [-0.2, -0.15) is 0 Å². The number of benzene rings is 1. The van der Waals surface area contributed by atoms with Gasteiger partial charge in [0.1, 0.15) is 12.4 Å². The van der Waals surface area contributed by atoms with Crippen LogP contribution >= 0.6 is 0 Å². The fourth-order valence-electron chi connectivity index (χ4n) is 1.48. The fourth-order valence-corrected chi connectivity index (χ4v) is 1.48. The summed E-state index contributed by atoms with van der Waals surface area (Å²) in [5.41, 5.74) is 1.18. The van der Waals surface area contributed by atoms with E-state index in [0.29, 0.717) is 25.9 Å². The van der Waals surface area contributed by atoms with Crippen LogP contribution in [0.4, 0.5) is 0 Å². The number of hydrogen-bond acceptors (Lipinski definition) is 3. The van der Waals surface area contributed by atoms with Gasteiger partial charge in [-0.3, -0.25) is 0 Å². The van der Waals surface area contributed by atoms with Crippen molar-refractivity contribution in [1.29, 1.82) is 0 Å². The van der Waals surface area contributed by atoms with Crippen LogP contribution in [0.15, 0.2) is 36.9 Å². The quantitative estimate of drug-likeness (QED) is 0.539. The second-order valence-corrected chi connectivity index (χ2v) is 4.36. The Morgan fingerprint density at radius 3 is 2.78 bits per heavy atom. The van der Waals surface area contributed by atoms with Gasteiger partial charge in [0.25, 0.3) is 0 Å². The number of rotatable bonds is 9. The van der Waals surface area contributed by atoms with Gasteiger partial charge in [-0.25, -0.2) is 0 Å². The summed E-state index contributed by atoms with van der Waals surface area (Å²) in [7, 11) is 0. The Morgan fingerprint density at radius 1 is 1.28 bits per heavy atom. The van der Waals surface area contributed by atoms with Crippen LogP contribution in [-0.2, 0) is 11.3 Å². The van der Waals surface area contributed by atoms with Crippen molar-refractivity contribution in [1.82, 2.24) is 5.32 Å². The van der Waals surface area contributed by atoms with Gasteiger partial charge in [-0.15, -0.1) is 6.58 Å². The molecule has 100 valence electrons. The third-order valence-corrected chi connectivity index (χ3v) is 2.39. The lowest BCUT2D eigenvalue weighted by Gasteiger charge is -2.13. The first-order chi connectivity index (χ1) is 8.74. The number of ether oxygens (including phenoxy) is 2. The first-order valence-corrected chi connectivity index (χ1v) is 6.36. The molecule has 0 spiro atoms. The molecule has 0 fully saturated rings. The van der Waals surface area contributed by atoms with Crippen molar-refractivity contribution in [3.63, 3.8) is 0 Å². The largest absolute Gasteiger partial charge is 0.491 e. The second-order valence-electron chi connectivity index (χ2n) is 4.36. The first kappa shape index (κ1) is 14.7. The van der Waals surface area contributed by atoms with Crippen LogP contribution in [0, 0.1) is 0 Å². The van der Waals surface area contributed by atoms with Crippen molar-refractivity contribution in [3.8, 4) is 5.75 Å². The predicted octanol–water partition coefficient (Wildman–Crippen LogP) is 2.77. The van der Waals surface area contributed by atoms with Gasteiger partial charge < -0.3 is 14.8 Å². The molecule has 0 aliphatic rings. The highest BCUT2D eigenvalue weighted by Crippen LogP contribution is 2.17. The molecule has 0 saturated heterocycles. The van der Waals surface area contributed by atoms with E-state index in [1.165, 1.54) is 5.56 Å². The molecule has 0 aromatic heterocycles. The normalized spacial score (nSPS) is 10.6. The zero-order chi connectivity index (χ0) is 13.2. The van der Waals surface area contributed by atoms with E-state index in [9.17, 15) is 0 Å². The van der Waals surface area contributed by atoms with E-state index in [1.54, 1.807) is 6.08 Å². The highest BCUT2D eigenvalue weighted by Gasteiger charge is 2.03. The number of hydrogen-bond donors (Lipinski definition) is 1. The van der Waals surface area contributed by atoms with Gasteiger partial charge in [0.05, 0.1) is 13.2 Å². The molecule has 0 aliphatic heterocycles. The Kier molecular flexibility index (Phi) is 7.14. The molecule has 0 amide bonds. The fraction of sp³-hybridized carbons (Fsp3) is 0.467. The van der Waals surface area contributed by atoms with Crippen molar-refractivity contribution < 1.29 is 9.47 Å². The molecule has 0 atom stereocenters. The molecule has 0 aliphatic carbocycles. The standard InChI is InChI=1S/C15H23NO2/c1-4-9-17-10-11-18-15-8-6-5-7-14(15)12-16-13(2)3/h4-8,13,16H,1,9-12H2,2-3H3. The molecule has 1 aromatic rings. The molecule has 0 saturated carbocycles. The second kappa shape index (κ2) is 8.72. The van der Waals surface area contributed by atoms with E-state index in [4.69, 9.17) is 9.47 Å². The summed E-state index contributed by atoms with van der Waals surface area (Å²) >= 11 is 0. The van der Waals surface area contributed by atoms with Gasteiger partial charge in [-0.1, -0.05) is 38.1 Å². The molecule has 0 bridgehead atoms. The van der Waals surface area contributed by atoms with Crippen molar-refractivity contribution in [2.24, 2.45) is 0 Å². The van der Waals surface area contributed by atoms with Gasteiger partial charge in [0.15, 0.2) is 0 Å². The maximum absolute atomic E-state index is 5.72. The zero-order valence-electron chi connectivity index (χ0n) is 11.3. The third kappa shape index (κ3) is 5.84. The summed E-state index contributed by atoms with van der Waals surface area (Å²) in [5.74, 6) is 0.924. The van der Waals surface area contributed by atoms with E-state index >= 15 is 0 Å². The van der Waals surface area contributed by atoms with Gasteiger partial charge in [-0.05, 0) is 6.07 Å². The van der Waals surface area contributed by atoms with Gasteiger partial charge >= 0.3 is 0 Å². The summed E-state index contributed by atoms with van der Waals surface area (Å²) in [5, 5.41) is 3.39. The average Bonchev–Trinajstić information content (AvgIpc) is 2.37. The minimum Gasteiger partial charge on any atom is -0.491 e. The summed E-state index contributed by atoms with van der Waals surface area (Å²) in [6.45, 7) is 10.4. The van der Waals surface area contributed by atoms with Crippen molar-refractivity contribution in [3.05, 3.63) is 42.5 Å². The average molecular weight is 249 g/mol. The Bertz CT molecular complexity index is 350. The van der Waals surface area contributed by atoms with Crippen LogP contribution in [0.2, 0.25) is 0 Å². The molecule has 0 radical (unpaired) electrons. The molecular weight excluding hydrogens is 226 g/mol. The lowest BCUT2D eigenvalue weighted by Crippen LogP contribution is -2.22. The third-order valence-electron chi connectivity index (χ3n) is 2.39. The van der Waals surface area contributed by atoms with Crippen molar-refractivity contribution in [2.45, 2.75) is 26.4 Å². The predicted molar refractivity (Wildman–Crippen MR) is 74.9 cm³/mol. The summed E-state index contributed by atoms with van der Waals surface area (Å²) in [6, 6.07) is 8.55. The molecule has 1 N–H and O–H groups in total. The Hall–Kier alpha value is -1.32. The van der Waals surface area contributed by atoms with Crippen LogP contribution < -0.4 is 10.1 Å². The lowest BCUT2D eigenvalue weighted by atomic mass is 10.2. The first-order valence-electron chi connectivity index (χ1n) is 6.36. The van der Waals surface area contributed by atoms with Crippen LogP contribution in [-0.4, -0.2) is 25.9 Å². The Morgan fingerprint density at radius 2 is 2.06 bits per heavy atom. The van der Waals surface area contributed by atoms with E-state index in [1.807, 2.05) is 18.2 Å². The van der Waals surface area contributed by atoms with E-state index < -0.39 is 0 Å². The number of nitrogens with one attached hydrogen (secondary N) is 1. The Balaban J connectivity index is 2.40. The van der Waals surface area contributed by atoms with E-state index in [-0.39, 0.29) is 0 Å². The molecule has 3 heteroatoms. The summed E-state index contributed by atoms with van der Waals surface area (Å²) < 4.78 is 11.0. The molecule has 18 heavy (non-hydrogen) atoms. The van der Waals surface area contributed by atoms with Gasteiger partial charge in [0, 0.05) is 18.2 Å². The number of para-hydroxylation sites is 1. The maximum atomic E-state index is 5.72. The SMILES string of the molecule is C=CCOCCOc1ccccc1CNC(C)C. The molecule has 1 rings (SSSR count). The van der Waals surface area contributed by atoms with E-state index in [0.717, 1.165) is 12.3 Å². The minimum atomic E-state index is 0.467. The topological polar surface area (TPSA) is 30.5 Å². The zero-order valence-corrected chi connectivity index (χ0v) is 11.3. The molecule has 1 aromatic carbocycles. The maximum Gasteiger partial charge on any atom is 0.123 e. The Labute approximate surface area is 110 Å². The van der Waals surface area contributed by atoms with Crippen molar-refractivity contribution >= 4 is 0 Å². The minimum absolute atomic E-state index is 0.467. The molecular formula is C15H23NO2. The summed E-state index contributed by atoms with van der Waals surface area (Å²) in [6.07, 6.45) is 1.74. The van der Waals surface area contributed by atoms with Crippen LogP contribution in [0.1, 0.15) is 19.4 Å². The van der Waals surface area contributed by atoms with Crippen LogP contribution in [0.5, 0.6) is 5.75 Å². The smallest absolute Gasteiger partial charge is 0.123 e. The van der Waals surface area contributed by atoms with E-state index in [2.05, 4.69) is 31.8 Å². The molecule has 3 nitrogen and oxygen atoms in total. The highest BCUT2D eigenvalue weighted by atomic mass is 16.5. The van der Waals surface area contributed by atoms with Crippen LogP contribution in [0.3, 0.4) is 0 Å². The van der Waals surface area contributed by atoms with Crippen LogP contribution in [0.25, 0.3) is 0 Å². The molecule has 0 heterocycles. The highest BCUT2D eigenvalue weighted by molar-refractivity contribution is 5.33. The van der Waals surface area contributed by atoms with Crippen molar-refractivity contribution in [2.75, 3.05) is 19.8 Å². The molecule has 0 unspecified atom stereocenters. The summed E-state index contributed by atoms with van der Waals surface area (Å²) in [4.78, 5) is 0. The monoisotopic (exact) mass is 249 g/mol.